The number of unbranched alkanes of at least 4 members (excludes halogenated alkanes) is 1. The molecule has 1 saturated carbocycles. The third-order valence-corrected chi connectivity index (χ3v) is 6.06. The molecule has 0 amide bonds. The number of carboxylic acids is 1. The first kappa shape index (κ1) is 28.6. The van der Waals surface area contributed by atoms with Crippen molar-refractivity contribution in [2.75, 3.05) is 0 Å². The molecule has 7 nitrogen and oxygen atoms in total. The molecule has 0 aromatic heterocycles. The van der Waals surface area contributed by atoms with Crippen molar-refractivity contribution in [1.82, 2.24) is 0 Å². The molecule has 0 heterocycles. The van der Waals surface area contributed by atoms with Gasteiger partial charge in [0, 0.05) is 32.6 Å². The average Bonchev–Trinajstić information content (AvgIpc) is 3.04. The second-order valence-corrected chi connectivity index (χ2v) is 9.67. The third kappa shape index (κ3) is 9.93. The van der Waals surface area contributed by atoms with Crippen LogP contribution in [0.4, 0.5) is 0 Å². The molecule has 1 rings (SSSR count). The minimum atomic E-state index is -2.35. The Balaban J connectivity index is 2.68. The molecule has 33 heavy (non-hydrogen) atoms. The van der Waals surface area contributed by atoms with E-state index >= 15 is 0 Å². The number of allylic oxidation sites excluding steroid dienone is 4. The molecule has 0 saturated heterocycles. The maximum atomic E-state index is 12.4. The molecule has 0 bridgehead atoms. The monoisotopic (exact) mass is 464 g/mol. The summed E-state index contributed by atoms with van der Waals surface area (Å²) in [5, 5.41) is 9.48. The number of rotatable bonds is 14. The van der Waals surface area contributed by atoms with E-state index in [1.807, 2.05) is 6.08 Å². The van der Waals surface area contributed by atoms with Crippen molar-refractivity contribution < 1.29 is 33.8 Å². The fourth-order valence-corrected chi connectivity index (χ4v) is 4.21. The first-order valence-corrected chi connectivity index (χ1v) is 11.9. The van der Waals surface area contributed by atoms with Crippen LogP contribution in [0.1, 0.15) is 92.4 Å². The van der Waals surface area contributed by atoms with Gasteiger partial charge in [-0.25, -0.2) is 4.79 Å². The van der Waals surface area contributed by atoms with E-state index in [4.69, 9.17) is 9.47 Å². The molecule has 1 N–H and O–H groups in total. The van der Waals surface area contributed by atoms with E-state index in [1.165, 1.54) is 19.3 Å². The van der Waals surface area contributed by atoms with Crippen molar-refractivity contribution in [3.63, 3.8) is 0 Å². The van der Waals surface area contributed by atoms with Gasteiger partial charge < -0.3 is 14.6 Å². The number of carbonyl (C=O) groups excluding carboxylic acids is 3. The Morgan fingerprint density at radius 2 is 1.70 bits per heavy atom. The maximum Gasteiger partial charge on any atom is 0.390 e. The van der Waals surface area contributed by atoms with Crippen LogP contribution in [0.2, 0.25) is 0 Å². The van der Waals surface area contributed by atoms with E-state index in [1.54, 1.807) is 6.08 Å². The maximum absolute atomic E-state index is 12.4. The number of ether oxygens (including phenoxy) is 2. The van der Waals surface area contributed by atoms with Crippen molar-refractivity contribution in [1.29, 1.82) is 0 Å². The lowest BCUT2D eigenvalue weighted by Crippen LogP contribution is -2.46. The SMILES string of the molecule is CCCCC(C)(C)C/C=C/[C@H]1CCC(=O)[C@@H]1C/C=C\CCC(OC(C)=O)(OC(C)=O)C(=O)O. The lowest BCUT2D eigenvalue weighted by molar-refractivity contribution is -0.236. The van der Waals surface area contributed by atoms with Gasteiger partial charge in [-0.15, -0.1) is 0 Å². The Labute approximate surface area is 197 Å². The van der Waals surface area contributed by atoms with Gasteiger partial charge in [-0.05, 0) is 43.4 Å². The van der Waals surface area contributed by atoms with Crippen LogP contribution in [-0.2, 0) is 28.7 Å². The third-order valence-electron chi connectivity index (χ3n) is 6.06. The van der Waals surface area contributed by atoms with Crippen LogP contribution >= 0.6 is 0 Å². The average molecular weight is 465 g/mol. The lowest BCUT2D eigenvalue weighted by atomic mass is 9.83. The molecule has 0 unspecified atom stereocenters. The standard InChI is InChI=1S/C26H40O7/c1-6-7-16-25(4,5)17-11-12-21-14-15-23(29)22(21)13-9-8-10-18-26(24(30)31,32-19(2)27)33-20(3)28/h8-9,11-12,21-22H,6-7,10,13-18H2,1-5H3,(H,30,31)/b9-8-,12-11+/t21-,22+/m0/s1. The fourth-order valence-electron chi connectivity index (χ4n) is 4.21. The highest BCUT2D eigenvalue weighted by atomic mass is 16.7. The predicted molar refractivity (Wildman–Crippen MR) is 125 cm³/mol. The van der Waals surface area contributed by atoms with Crippen LogP contribution < -0.4 is 0 Å². The second-order valence-electron chi connectivity index (χ2n) is 9.67. The summed E-state index contributed by atoms with van der Waals surface area (Å²) in [6, 6.07) is 0. The molecule has 0 aliphatic heterocycles. The molecule has 1 fully saturated rings. The van der Waals surface area contributed by atoms with Gasteiger partial charge in [-0.2, -0.15) is 0 Å². The quantitative estimate of drug-likeness (QED) is 0.209. The summed E-state index contributed by atoms with van der Waals surface area (Å²) >= 11 is 0. The minimum Gasteiger partial charge on any atom is -0.475 e. The van der Waals surface area contributed by atoms with Crippen LogP contribution in [0.5, 0.6) is 0 Å². The van der Waals surface area contributed by atoms with E-state index in [2.05, 4.69) is 32.9 Å². The summed E-state index contributed by atoms with van der Waals surface area (Å²) in [5.41, 5.74) is 0.255. The van der Waals surface area contributed by atoms with Crippen LogP contribution in [-0.4, -0.2) is 34.6 Å². The van der Waals surface area contributed by atoms with Crippen LogP contribution in [0.25, 0.3) is 0 Å². The van der Waals surface area contributed by atoms with Gasteiger partial charge in [0.25, 0.3) is 0 Å². The molecule has 7 heteroatoms. The first-order chi connectivity index (χ1) is 15.4. The zero-order chi connectivity index (χ0) is 25.1. The van der Waals surface area contributed by atoms with Gasteiger partial charge in [0.1, 0.15) is 5.78 Å². The van der Waals surface area contributed by atoms with Crippen molar-refractivity contribution in [2.45, 2.75) is 98.2 Å². The zero-order valence-corrected chi connectivity index (χ0v) is 20.7. The predicted octanol–water partition coefficient (Wildman–Crippen LogP) is 5.38. The molecule has 0 aromatic rings. The smallest absolute Gasteiger partial charge is 0.390 e. The van der Waals surface area contributed by atoms with Crippen LogP contribution in [0.3, 0.4) is 0 Å². The Morgan fingerprint density at radius 3 is 2.24 bits per heavy atom. The second kappa shape index (κ2) is 13.3. The number of carbonyl (C=O) groups is 4. The zero-order valence-electron chi connectivity index (χ0n) is 20.7. The summed E-state index contributed by atoms with van der Waals surface area (Å²) in [6.45, 7) is 8.86. The molecule has 1 aliphatic rings. The Bertz CT molecular complexity index is 732. The highest BCUT2D eigenvalue weighted by Crippen LogP contribution is 2.34. The minimum absolute atomic E-state index is 0.0811. The Hall–Kier alpha value is -2.44. The highest BCUT2D eigenvalue weighted by molar-refractivity contribution is 5.84. The molecule has 186 valence electrons. The summed E-state index contributed by atoms with van der Waals surface area (Å²) in [4.78, 5) is 46.7. The fraction of sp³-hybridized carbons (Fsp3) is 0.692. The topological polar surface area (TPSA) is 107 Å². The van der Waals surface area contributed by atoms with Crippen LogP contribution in [0, 0.1) is 17.3 Å². The van der Waals surface area contributed by atoms with Gasteiger partial charge in [0.15, 0.2) is 0 Å². The number of hydrogen-bond acceptors (Lipinski definition) is 6. The van der Waals surface area contributed by atoms with Gasteiger partial charge in [0.05, 0.1) is 0 Å². The van der Waals surface area contributed by atoms with Gasteiger partial charge in [-0.1, -0.05) is 57.9 Å². The number of Topliss-reactive ketones (excluding diaryl/α,β-unsaturated/α-hetero) is 1. The summed E-state index contributed by atoms with van der Waals surface area (Å²) in [6.07, 6.45) is 14.6. The normalized spacial score (nSPS) is 19.4. The molecule has 2 atom stereocenters. The largest absolute Gasteiger partial charge is 0.475 e. The van der Waals surface area contributed by atoms with Gasteiger partial charge >= 0.3 is 23.7 Å². The summed E-state index contributed by atoms with van der Waals surface area (Å²) < 4.78 is 9.68. The van der Waals surface area contributed by atoms with E-state index in [9.17, 15) is 24.3 Å². The highest BCUT2D eigenvalue weighted by Gasteiger charge is 2.45. The number of ketones is 1. The summed E-state index contributed by atoms with van der Waals surface area (Å²) in [7, 11) is 0. The van der Waals surface area contributed by atoms with Crippen LogP contribution in [0.15, 0.2) is 24.3 Å². The molecular weight excluding hydrogens is 424 g/mol. The van der Waals surface area contributed by atoms with Crippen molar-refractivity contribution in [2.24, 2.45) is 17.3 Å². The lowest BCUT2D eigenvalue weighted by Gasteiger charge is -2.27. The van der Waals surface area contributed by atoms with E-state index < -0.39 is 23.7 Å². The molecule has 0 spiro atoms. The first-order valence-electron chi connectivity index (χ1n) is 11.9. The number of esters is 2. The van der Waals surface area contributed by atoms with Gasteiger partial charge in [0.2, 0.25) is 0 Å². The summed E-state index contributed by atoms with van der Waals surface area (Å²) in [5.74, 6) is -5.22. The van der Waals surface area contributed by atoms with Gasteiger partial charge in [-0.3, -0.25) is 14.4 Å². The molecule has 0 radical (unpaired) electrons. The molecule has 1 aliphatic carbocycles. The molecular formula is C26H40O7. The Morgan fingerprint density at radius 1 is 1.06 bits per heavy atom. The van der Waals surface area contributed by atoms with E-state index in [0.29, 0.717) is 12.8 Å². The Kier molecular flexibility index (Phi) is 11.5. The van der Waals surface area contributed by atoms with Crippen molar-refractivity contribution in [3.8, 4) is 0 Å². The van der Waals surface area contributed by atoms with Crippen molar-refractivity contribution >= 4 is 23.7 Å². The number of hydrogen-bond donors (Lipinski definition) is 1. The van der Waals surface area contributed by atoms with E-state index in [-0.39, 0.29) is 35.9 Å². The van der Waals surface area contributed by atoms with E-state index in [0.717, 1.165) is 26.7 Å². The molecule has 0 aromatic carbocycles. The number of carboxylic acid groups (broad SMARTS) is 1. The van der Waals surface area contributed by atoms with Crippen molar-refractivity contribution in [3.05, 3.63) is 24.3 Å². The number of aliphatic carboxylic acids is 1.